The third kappa shape index (κ3) is 5.40. The van der Waals surface area contributed by atoms with Gasteiger partial charge < -0.3 is 20.9 Å². The lowest BCUT2D eigenvalue weighted by Crippen LogP contribution is -2.44. The molecule has 2 rings (SSSR count). The van der Waals surface area contributed by atoms with E-state index in [1.807, 2.05) is 20.8 Å². The Bertz CT molecular complexity index is 924. The Morgan fingerprint density at radius 2 is 2.00 bits per heavy atom. The van der Waals surface area contributed by atoms with Crippen LogP contribution >= 0.6 is 0 Å². The first-order valence-corrected chi connectivity index (χ1v) is 10.4. The number of aromatic carboxylic acids is 1. The molecular weight excluding hydrogens is 382 g/mol. The monoisotopic (exact) mass is 415 g/mol. The second-order valence-electron chi connectivity index (χ2n) is 8.48. The number of aryl methyl sites for hydroxylation is 1. The molecule has 0 aliphatic rings. The second-order valence-corrected chi connectivity index (χ2v) is 8.48. The summed E-state index contributed by atoms with van der Waals surface area (Å²) in [6, 6.07) is 5.34. The van der Waals surface area contributed by atoms with Crippen molar-refractivity contribution >= 4 is 28.5 Å². The molecule has 0 radical (unpaired) electrons. The molecule has 0 saturated carbocycles. The Kier molecular flexibility index (Phi) is 7.65. The predicted molar refractivity (Wildman–Crippen MR) is 119 cm³/mol. The van der Waals surface area contributed by atoms with E-state index in [4.69, 9.17) is 10.5 Å². The van der Waals surface area contributed by atoms with Gasteiger partial charge in [-0.05, 0) is 46.2 Å². The average molecular weight is 416 g/mol. The van der Waals surface area contributed by atoms with E-state index in [-0.39, 0.29) is 29.8 Å². The van der Waals surface area contributed by atoms with Gasteiger partial charge in [0.05, 0.1) is 27.7 Å². The van der Waals surface area contributed by atoms with Crippen molar-refractivity contribution in [1.82, 2.24) is 10.3 Å². The maximum atomic E-state index is 12.7. The van der Waals surface area contributed by atoms with Crippen LogP contribution in [0.2, 0.25) is 0 Å². The van der Waals surface area contributed by atoms with Gasteiger partial charge in [0.15, 0.2) is 0 Å². The molecule has 2 aromatic rings. The molecule has 7 heteroatoms. The van der Waals surface area contributed by atoms with Gasteiger partial charge in [0.25, 0.3) is 0 Å². The summed E-state index contributed by atoms with van der Waals surface area (Å²) in [4.78, 5) is 28.7. The number of carbonyl (C=O) groups is 2. The number of nitrogen functional groups attached to an aromatic ring is 1. The smallest absolute Gasteiger partial charge is 0.339 e. The number of ether oxygens (including phenoxy) is 1. The molecule has 1 aromatic heterocycles. The lowest BCUT2D eigenvalue weighted by atomic mass is 9.93. The zero-order chi connectivity index (χ0) is 22.5. The van der Waals surface area contributed by atoms with E-state index in [0.29, 0.717) is 22.3 Å². The molecule has 1 atom stereocenters. The quantitative estimate of drug-likeness (QED) is 0.498. The Hall–Kier alpha value is -2.83. The Labute approximate surface area is 178 Å². The van der Waals surface area contributed by atoms with Crippen LogP contribution in [0.15, 0.2) is 18.2 Å². The minimum Gasteiger partial charge on any atom is -0.492 e. The van der Waals surface area contributed by atoms with Gasteiger partial charge in [-0.2, -0.15) is 0 Å². The summed E-state index contributed by atoms with van der Waals surface area (Å²) in [5.41, 5.74) is 6.38. The maximum Gasteiger partial charge on any atom is 0.339 e. The van der Waals surface area contributed by atoms with E-state index in [1.54, 1.807) is 25.1 Å². The van der Waals surface area contributed by atoms with Crippen molar-refractivity contribution < 1.29 is 19.4 Å². The van der Waals surface area contributed by atoms with E-state index in [9.17, 15) is 14.7 Å². The van der Waals surface area contributed by atoms with Crippen molar-refractivity contribution in [3.05, 3.63) is 29.5 Å². The standard InChI is InChI=1S/C23H33N3O4/c1-6-7-8-10-14(2)25-22(29)23(4,5)13-30-17-12-9-11-16-19(17)20(24)18(21(27)28)15(3)26-16/h9,11-12,14H,6-8,10,13H2,1-5H3,(H2,24,26)(H,25,29)(H,27,28). The van der Waals surface area contributed by atoms with Crippen LogP contribution in [0.5, 0.6) is 5.75 Å². The van der Waals surface area contributed by atoms with Crippen LogP contribution in [0.4, 0.5) is 5.69 Å². The van der Waals surface area contributed by atoms with E-state index in [0.717, 1.165) is 25.7 Å². The number of rotatable bonds is 10. The van der Waals surface area contributed by atoms with Crippen molar-refractivity contribution in [3.63, 3.8) is 0 Å². The summed E-state index contributed by atoms with van der Waals surface area (Å²) in [5, 5.41) is 13.0. The minimum absolute atomic E-state index is 0.0311. The Morgan fingerprint density at radius 3 is 2.63 bits per heavy atom. The topological polar surface area (TPSA) is 115 Å². The fourth-order valence-electron chi connectivity index (χ4n) is 3.35. The number of nitrogens with two attached hydrogens (primary N) is 1. The maximum absolute atomic E-state index is 12.7. The van der Waals surface area contributed by atoms with Gasteiger partial charge in [0.1, 0.15) is 17.9 Å². The van der Waals surface area contributed by atoms with Crippen LogP contribution < -0.4 is 15.8 Å². The number of amides is 1. The molecule has 7 nitrogen and oxygen atoms in total. The fourth-order valence-corrected chi connectivity index (χ4v) is 3.35. The highest BCUT2D eigenvalue weighted by Gasteiger charge is 2.30. The molecule has 4 N–H and O–H groups in total. The molecule has 1 heterocycles. The molecule has 0 aliphatic heterocycles. The van der Waals surface area contributed by atoms with Crippen LogP contribution in [-0.4, -0.2) is 34.6 Å². The number of carbonyl (C=O) groups excluding carboxylic acids is 1. The van der Waals surface area contributed by atoms with E-state index in [1.165, 1.54) is 0 Å². The van der Waals surface area contributed by atoms with Gasteiger partial charge in [0.2, 0.25) is 5.91 Å². The van der Waals surface area contributed by atoms with Crippen LogP contribution in [0.3, 0.4) is 0 Å². The first-order valence-electron chi connectivity index (χ1n) is 10.4. The highest BCUT2D eigenvalue weighted by Crippen LogP contribution is 2.34. The van der Waals surface area contributed by atoms with E-state index >= 15 is 0 Å². The molecule has 0 aliphatic carbocycles. The predicted octanol–water partition coefficient (Wildman–Crippen LogP) is 4.31. The van der Waals surface area contributed by atoms with Crippen molar-refractivity contribution in [1.29, 1.82) is 0 Å². The molecule has 0 fully saturated rings. The molecule has 0 bridgehead atoms. The van der Waals surface area contributed by atoms with Crippen LogP contribution in [0.25, 0.3) is 10.9 Å². The molecule has 30 heavy (non-hydrogen) atoms. The summed E-state index contributed by atoms with van der Waals surface area (Å²) in [5.74, 6) is -0.803. The van der Waals surface area contributed by atoms with Gasteiger partial charge >= 0.3 is 5.97 Å². The third-order valence-corrected chi connectivity index (χ3v) is 5.23. The summed E-state index contributed by atoms with van der Waals surface area (Å²) in [7, 11) is 0. The molecule has 1 amide bonds. The van der Waals surface area contributed by atoms with Crippen molar-refractivity contribution in [3.8, 4) is 5.75 Å². The Morgan fingerprint density at radius 1 is 1.30 bits per heavy atom. The minimum atomic E-state index is -1.13. The van der Waals surface area contributed by atoms with Gasteiger partial charge in [-0.15, -0.1) is 0 Å². The molecule has 1 aromatic carbocycles. The molecule has 0 saturated heterocycles. The number of benzene rings is 1. The molecule has 164 valence electrons. The number of anilines is 1. The second kappa shape index (κ2) is 9.78. The Balaban J connectivity index is 2.19. The normalized spacial score (nSPS) is 12.6. The summed E-state index contributed by atoms with van der Waals surface area (Å²) in [6.07, 6.45) is 4.33. The highest BCUT2D eigenvalue weighted by atomic mass is 16.5. The lowest BCUT2D eigenvalue weighted by molar-refractivity contribution is -0.131. The van der Waals surface area contributed by atoms with Crippen LogP contribution in [0, 0.1) is 12.3 Å². The number of pyridine rings is 1. The van der Waals surface area contributed by atoms with Gasteiger partial charge in [-0.1, -0.05) is 32.3 Å². The van der Waals surface area contributed by atoms with Crippen LogP contribution in [-0.2, 0) is 4.79 Å². The zero-order valence-electron chi connectivity index (χ0n) is 18.5. The SMILES string of the molecule is CCCCCC(C)NC(=O)C(C)(C)COc1cccc2nc(C)c(C(=O)O)c(N)c12. The highest BCUT2D eigenvalue weighted by molar-refractivity contribution is 6.06. The average Bonchev–Trinajstić information content (AvgIpc) is 2.65. The number of nitrogens with one attached hydrogen (secondary N) is 1. The summed E-state index contributed by atoms with van der Waals surface area (Å²) < 4.78 is 5.97. The first-order chi connectivity index (χ1) is 14.1. The van der Waals surface area contributed by atoms with Gasteiger partial charge in [0, 0.05) is 6.04 Å². The molecule has 1 unspecified atom stereocenters. The van der Waals surface area contributed by atoms with Gasteiger partial charge in [-0.3, -0.25) is 9.78 Å². The summed E-state index contributed by atoms with van der Waals surface area (Å²) in [6.45, 7) is 9.54. The number of unbranched alkanes of at least 4 members (excludes halogenated alkanes) is 2. The number of hydrogen-bond acceptors (Lipinski definition) is 5. The lowest BCUT2D eigenvalue weighted by Gasteiger charge is -2.26. The van der Waals surface area contributed by atoms with Gasteiger partial charge in [-0.25, -0.2) is 4.79 Å². The van der Waals surface area contributed by atoms with Crippen molar-refractivity contribution in [2.75, 3.05) is 12.3 Å². The molecule has 0 spiro atoms. The van der Waals surface area contributed by atoms with E-state index in [2.05, 4.69) is 17.2 Å². The third-order valence-electron chi connectivity index (χ3n) is 5.23. The number of nitrogens with zero attached hydrogens (tertiary/aromatic N) is 1. The van der Waals surface area contributed by atoms with Crippen LogP contribution in [0.1, 0.15) is 69.4 Å². The van der Waals surface area contributed by atoms with E-state index < -0.39 is 11.4 Å². The summed E-state index contributed by atoms with van der Waals surface area (Å²) >= 11 is 0. The number of hydrogen-bond donors (Lipinski definition) is 3. The number of carboxylic acid groups (broad SMARTS) is 1. The number of fused-ring (bicyclic) bond motifs is 1. The van der Waals surface area contributed by atoms with Crippen molar-refractivity contribution in [2.24, 2.45) is 5.41 Å². The zero-order valence-corrected chi connectivity index (χ0v) is 18.5. The molecular formula is C23H33N3O4. The number of carboxylic acids is 1. The largest absolute Gasteiger partial charge is 0.492 e. The number of aromatic nitrogens is 1. The fraction of sp³-hybridized carbons (Fsp3) is 0.522. The van der Waals surface area contributed by atoms with Crippen molar-refractivity contribution in [2.45, 2.75) is 66.3 Å². The first kappa shape index (κ1) is 23.4.